The molecule has 0 saturated carbocycles. The first-order valence-electron chi connectivity index (χ1n) is 7.67. The normalized spacial score (nSPS) is 11.8. The van der Waals surface area contributed by atoms with E-state index >= 15 is 0 Å². The summed E-state index contributed by atoms with van der Waals surface area (Å²) in [5.41, 5.74) is 2.76. The van der Waals surface area contributed by atoms with Gasteiger partial charge in [-0.15, -0.1) is 0 Å². The van der Waals surface area contributed by atoms with Gasteiger partial charge in [-0.1, -0.05) is 32.0 Å². The van der Waals surface area contributed by atoms with Crippen LogP contribution < -0.4 is 5.32 Å². The average Bonchev–Trinajstić information content (AvgIpc) is 2.56. The highest BCUT2D eigenvalue weighted by Gasteiger charge is 2.26. The maximum absolute atomic E-state index is 12.5. The van der Waals surface area contributed by atoms with Crippen LogP contribution in [0.25, 0.3) is 0 Å². The standard InChI is InChI=1S/C18H19F2NO3S/c1-11(2)15-6-4-5-12(3)16(15)21-17(22)13-7-9-14(10-8-13)25(23,24)18(19)20/h4-11,18H,1-3H3,(H,21,22). The monoisotopic (exact) mass is 367 g/mol. The highest BCUT2D eigenvalue weighted by Crippen LogP contribution is 2.28. The molecule has 25 heavy (non-hydrogen) atoms. The third-order valence-corrected chi connectivity index (χ3v) is 5.24. The Kier molecular flexibility index (Phi) is 5.57. The van der Waals surface area contributed by atoms with E-state index in [9.17, 15) is 22.0 Å². The van der Waals surface area contributed by atoms with Gasteiger partial charge in [0.2, 0.25) is 9.84 Å². The van der Waals surface area contributed by atoms with Gasteiger partial charge in [0.25, 0.3) is 5.91 Å². The minimum absolute atomic E-state index is 0.186. The number of nitrogens with one attached hydrogen (secondary N) is 1. The summed E-state index contributed by atoms with van der Waals surface area (Å²) in [6.07, 6.45) is 0. The lowest BCUT2D eigenvalue weighted by atomic mass is 9.98. The maximum atomic E-state index is 12.5. The Bertz CT molecular complexity index is 876. The van der Waals surface area contributed by atoms with E-state index < -0.39 is 26.4 Å². The number of benzene rings is 2. The largest absolute Gasteiger partial charge is 0.341 e. The molecule has 0 saturated heterocycles. The van der Waals surface area contributed by atoms with Crippen LogP contribution in [0.5, 0.6) is 0 Å². The molecule has 0 radical (unpaired) electrons. The van der Waals surface area contributed by atoms with Gasteiger partial charge >= 0.3 is 5.76 Å². The van der Waals surface area contributed by atoms with Crippen molar-refractivity contribution in [3.05, 3.63) is 59.2 Å². The van der Waals surface area contributed by atoms with Gasteiger partial charge in [0.15, 0.2) is 0 Å². The summed E-state index contributed by atoms with van der Waals surface area (Å²) in [5.74, 6) is -3.72. The van der Waals surface area contributed by atoms with E-state index in [2.05, 4.69) is 5.32 Å². The highest BCUT2D eigenvalue weighted by molar-refractivity contribution is 7.91. The molecule has 134 valence electrons. The summed E-state index contributed by atoms with van der Waals surface area (Å²) in [6.45, 7) is 5.89. The van der Waals surface area contributed by atoms with Crippen LogP contribution in [0.4, 0.5) is 14.5 Å². The minimum Gasteiger partial charge on any atom is -0.321 e. The van der Waals surface area contributed by atoms with Gasteiger partial charge in [0.05, 0.1) is 4.90 Å². The fourth-order valence-corrected chi connectivity index (χ4v) is 3.15. The van der Waals surface area contributed by atoms with Gasteiger partial charge in [0, 0.05) is 11.3 Å². The number of hydrogen-bond acceptors (Lipinski definition) is 3. The van der Waals surface area contributed by atoms with Crippen molar-refractivity contribution in [2.24, 2.45) is 0 Å². The van der Waals surface area contributed by atoms with Crippen molar-refractivity contribution in [2.45, 2.75) is 37.3 Å². The number of amides is 1. The quantitative estimate of drug-likeness (QED) is 0.854. The second-order valence-electron chi connectivity index (χ2n) is 5.98. The lowest BCUT2D eigenvalue weighted by molar-refractivity contribution is 0.102. The van der Waals surface area contributed by atoms with Crippen molar-refractivity contribution in [1.29, 1.82) is 0 Å². The summed E-state index contributed by atoms with van der Waals surface area (Å²) in [7, 11) is -4.67. The van der Waals surface area contributed by atoms with Crippen molar-refractivity contribution >= 4 is 21.4 Å². The van der Waals surface area contributed by atoms with Crippen LogP contribution in [0.2, 0.25) is 0 Å². The molecule has 2 rings (SSSR count). The van der Waals surface area contributed by atoms with Crippen LogP contribution in [0.15, 0.2) is 47.4 Å². The molecule has 4 nitrogen and oxygen atoms in total. The lowest BCUT2D eigenvalue weighted by Gasteiger charge is -2.16. The van der Waals surface area contributed by atoms with E-state index in [1.165, 1.54) is 12.1 Å². The SMILES string of the molecule is Cc1cccc(C(C)C)c1NC(=O)c1ccc(S(=O)(=O)C(F)F)cc1. The van der Waals surface area contributed by atoms with E-state index in [0.717, 1.165) is 23.3 Å². The fraction of sp³-hybridized carbons (Fsp3) is 0.278. The number of carbonyl (C=O) groups is 1. The molecule has 0 atom stereocenters. The van der Waals surface area contributed by atoms with Crippen LogP contribution >= 0.6 is 0 Å². The molecule has 7 heteroatoms. The van der Waals surface area contributed by atoms with Crippen molar-refractivity contribution in [2.75, 3.05) is 5.32 Å². The van der Waals surface area contributed by atoms with Crippen LogP contribution in [0.3, 0.4) is 0 Å². The smallest absolute Gasteiger partial charge is 0.321 e. The summed E-state index contributed by atoms with van der Waals surface area (Å²) >= 11 is 0. The van der Waals surface area contributed by atoms with Crippen molar-refractivity contribution in [3.8, 4) is 0 Å². The molecular weight excluding hydrogens is 348 g/mol. The Balaban J connectivity index is 2.29. The molecule has 0 fully saturated rings. The first kappa shape index (κ1) is 19.1. The van der Waals surface area contributed by atoms with Crippen LogP contribution in [-0.2, 0) is 9.84 Å². The zero-order valence-electron chi connectivity index (χ0n) is 14.1. The third-order valence-electron chi connectivity index (χ3n) is 3.85. The van der Waals surface area contributed by atoms with Crippen LogP contribution in [0.1, 0.15) is 41.3 Å². The Hall–Kier alpha value is -2.28. The van der Waals surface area contributed by atoms with Crippen molar-refractivity contribution in [3.63, 3.8) is 0 Å². The molecule has 1 N–H and O–H groups in total. The first-order valence-corrected chi connectivity index (χ1v) is 9.22. The molecule has 0 aliphatic carbocycles. The third kappa shape index (κ3) is 4.04. The number of carbonyl (C=O) groups excluding carboxylic acids is 1. The number of aryl methyl sites for hydroxylation is 1. The van der Waals surface area contributed by atoms with E-state index in [1.807, 2.05) is 39.0 Å². The highest BCUT2D eigenvalue weighted by atomic mass is 32.2. The summed E-state index contributed by atoms with van der Waals surface area (Å²) in [5, 5.41) is 2.82. The zero-order valence-corrected chi connectivity index (χ0v) is 14.9. The van der Waals surface area contributed by atoms with E-state index in [-0.39, 0.29) is 11.5 Å². The summed E-state index contributed by atoms with van der Waals surface area (Å²) < 4.78 is 47.9. The zero-order chi connectivity index (χ0) is 18.8. The second-order valence-corrected chi connectivity index (χ2v) is 7.90. The molecule has 2 aromatic rings. The molecule has 0 aliphatic rings. The topological polar surface area (TPSA) is 63.2 Å². The van der Waals surface area contributed by atoms with Crippen LogP contribution in [0, 0.1) is 6.92 Å². The molecule has 0 heterocycles. The van der Waals surface area contributed by atoms with Gasteiger partial charge in [-0.2, -0.15) is 8.78 Å². The average molecular weight is 367 g/mol. The van der Waals surface area contributed by atoms with Crippen LogP contribution in [-0.4, -0.2) is 20.1 Å². The number of sulfone groups is 1. The molecule has 1 amide bonds. The number of rotatable bonds is 5. The van der Waals surface area contributed by atoms with Gasteiger partial charge in [-0.25, -0.2) is 8.42 Å². The molecule has 0 spiro atoms. The second kappa shape index (κ2) is 7.31. The van der Waals surface area contributed by atoms with Gasteiger partial charge in [-0.3, -0.25) is 4.79 Å². The number of halogens is 2. The predicted molar refractivity (Wildman–Crippen MR) is 92.9 cm³/mol. The van der Waals surface area contributed by atoms with Crippen molar-refractivity contribution < 1.29 is 22.0 Å². The number of alkyl halides is 2. The Morgan fingerprint density at radius 2 is 1.64 bits per heavy atom. The van der Waals surface area contributed by atoms with E-state index in [0.29, 0.717) is 5.69 Å². The Labute approximate surface area is 145 Å². The van der Waals surface area contributed by atoms with E-state index in [4.69, 9.17) is 0 Å². The molecule has 0 aliphatic heterocycles. The first-order chi connectivity index (χ1) is 11.6. The Morgan fingerprint density at radius 1 is 1.04 bits per heavy atom. The summed E-state index contributed by atoms with van der Waals surface area (Å²) in [6, 6.07) is 10.2. The molecule has 0 unspecified atom stereocenters. The molecular formula is C18H19F2NO3S. The molecule has 2 aromatic carbocycles. The fourth-order valence-electron chi connectivity index (χ4n) is 2.43. The minimum atomic E-state index is -4.67. The van der Waals surface area contributed by atoms with Crippen molar-refractivity contribution in [1.82, 2.24) is 0 Å². The van der Waals surface area contributed by atoms with Gasteiger partial charge < -0.3 is 5.32 Å². The van der Waals surface area contributed by atoms with E-state index in [1.54, 1.807) is 0 Å². The predicted octanol–water partition coefficient (Wildman–Crippen LogP) is 4.37. The number of anilines is 1. The maximum Gasteiger partial charge on any atom is 0.341 e. The lowest BCUT2D eigenvalue weighted by Crippen LogP contribution is -2.16. The molecule has 0 bridgehead atoms. The Morgan fingerprint density at radius 3 is 2.16 bits per heavy atom. The summed E-state index contributed by atoms with van der Waals surface area (Å²) in [4.78, 5) is 11.9. The van der Waals surface area contributed by atoms with Gasteiger partial charge in [0.1, 0.15) is 0 Å². The van der Waals surface area contributed by atoms with Gasteiger partial charge in [-0.05, 0) is 48.2 Å². The number of hydrogen-bond donors (Lipinski definition) is 1. The number of para-hydroxylation sites is 1. The molecule has 0 aromatic heterocycles.